The molecule has 0 unspecified atom stereocenters. The molecule has 0 spiro atoms. The van der Waals surface area contributed by atoms with Crippen LogP contribution >= 0.6 is 0 Å². The van der Waals surface area contributed by atoms with Crippen LogP contribution in [0.25, 0.3) is 0 Å². The molecule has 1 aromatic rings. The quantitative estimate of drug-likeness (QED) is 0.472. The van der Waals surface area contributed by atoms with E-state index in [9.17, 15) is 0 Å². The van der Waals surface area contributed by atoms with Crippen LogP contribution in [0.15, 0.2) is 24.3 Å². The molecule has 1 aromatic carbocycles. The maximum atomic E-state index is 5.54. The normalized spacial score (nSPS) is 10.6. The van der Waals surface area contributed by atoms with Gasteiger partial charge in [0, 0.05) is 0 Å². The summed E-state index contributed by atoms with van der Waals surface area (Å²) in [4.78, 5) is 0. The smallest absolute Gasteiger partial charge is 0.119 e. The highest BCUT2D eigenvalue weighted by Crippen LogP contribution is 2.15. The van der Waals surface area contributed by atoms with Crippen molar-refractivity contribution in [1.82, 2.24) is 0 Å². The molecule has 0 bridgehead atoms. The van der Waals surface area contributed by atoms with E-state index in [4.69, 9.17) is 4.74 Å². The zero-order valence-electron chi connectivity index (χ0n) is 12.7. The molecule has 0 aliphatic rings. The molecule has 0 fully saturated rings. The number of ether oxygens (including phenoxy) is 1. The first-order chi connectivity index (χ1) is 9.36. The van der Waals surface area contributed by atoms with Gasteiger partial charge in [-0.1, -0.05) is 64.5 Å². The van der Waals surface area contributed by atoms with E-state index >= 15 is 0 Å². The molecule has 0 aromatic heterocycles. The minimum Gasteiger partial charge on any atom is -0.493 e. The number of unbranched alkanes of at least 4 members (excludes halogenated alkanes) is 6. The minimum absolute atomic E-state index is 0.692. The van der Waals surface area contributed by atoms with Crippen molar-refractivity contribution in [3.63, 3.8) is 0 Å². The molecule has 0 aliphatic heterocycles. The fraction of sp³-hybridized carbons (Fsp3) is 0.611. The lowest BCUT2D eigenvalue weighted by Gasteiger charge is -2.06. The maximum absolute atomic E-state index is 5.54. The molecule has 1 rings (SSSR count). The lowest BCUT2D eigenvalue weighted by Crippen LogP contribution is -1.95. The lowest BCUT2D eigenvalue weighted by molar-refractivity contribution is 0.349. The lowest BCUT2D eigenvalue weighted by atomic mass is 10.0. The first-order valence-corrected chi connectivity index (χ1v) is 7.86. The second kappa shape index (κ2) is 10.9. The van der Waals surface area contributed by atoms with Gasteiger partial charge >= 0.3 is 0 Å². The summed E-state index contributed by atoms with van der Waals surface area (Å²) >= 11 is 0. The second-order valence-electron chi connectivity index (χ2n) is 5.23. The van der Waals surface area contributed by atoms with E-state index in [0.717, 1.165) is 5.75 Å². The Morgan fingerprint density at radius 3 is 2.16 bits per heavy atom. The van der Waals surface area contributed by atoms with Gasteiger partial charge < -0.3 is 4.74 Å². The third kappa shape index (κ3) is 7.92. The van der Waals surface area contributed by atoms with Gasteiger partial charge in [0.15, 0.2) is 0 Å². The summed E-state index contributed by atoms with van der Waals surface area (Å²) < 4.78 is 5.54. The SMILES string of the molecule is C[CH]COc1ccc(CCCCCCCCC)cc1. The van der Waals surface area contributed by atoms with Crippen LogP contribution < -0.4 is 4.74 Å². The Bertz CT molecular complexity index is 302. The molecule has 107 valence electrons. The van der Waals surface area contributed by atoms with Gasteiger partial charge in [-0.3, -0.25) is 0 Å². The van der Waals surface area contributed by atoms with Crippen molar-refractivity contribution in [2.45, 2.75) is 65.2 Å². The summed E-state index contributed by atoms with van der Waals surface area (Å²) in [5, 5.41) is 0. The van der Waals surface area contributed by atoms with Gasteiger partial charge in [0.25, 0.3) is 0 Å². The molecule has 1 nitrogen and oxygen atoms in total. The Kier molecular flexibility index (Phi) is 9.22. The third-order valence-corrected chi connectivity index (χ3v) is 3.41. The fourth-order valence-corrected chi connectivity index (χ4v) is 2.22. The highest BCUT2D eigenvalue weighted by Gasteiger charge is 1.96. The molecule has 1 radical (unpaired) electrons. The molecule has 0 saturated carbocycles. The second-order valence-corrected chi connectivity index (χ2v) is 5.23. The van der Waals surface area contributed by atoms with Crippen molar-refractivity contribution >= 4 is 0 Å². The van der Waals surface area contributed by atoms with E-state index < -0.39 is 0 Å². The van der Waals surface area contributed by atoms with Gasteiger partial charge in [0.2, 0.25) is 0 Å². The van der Waals surface area contributed by atoms with Gasteiger partial charge in [-0.05, 0) is 37.0 Å². The van der Waals surface area contributed by atoms with Crippen molar-refractivity contribution in [2.24, 2.45) is 0 Å². The first kappa shape index (κ1) is 16.1. The Hall–Kier alpha value is -0.980. The van der Waals surface area contributed by atoms with E-state index in [0.29, 0.717) is 6.61 Å². The van der Waals surface area contributed by atoms with Gasteiger partial charge in [-0.25, -0.2) is 0 Å². The topological polar surface area (TPSA) is 9.23 Å². The molecular weight excluding hydrogens is 232 g/mol. The Balaban J connectivity index is 2.09. The first-order valence-electron chi connectivity index (χ1n) is 7.86. The summed E-state index contributed by atoms with van der Waals surface area (Å²) in [6.45, 7) is 4.97. The summed E-state index contributed by atoms with van der Waals surface area (Å²) in [6.07, 6.45) is 12.9. The largest absolute Gasteiger partial charge is 0.493 e. The predicted octanol–water partition coefficient (Wildman–Crippen LogP) is 5.58. The summed E-state index contributed by atoms with van der Waals surface area (Å²) in [5.74, 6) is 0.974. The van der Waals surface area contributed by atoms with E-state index in [2.05, 4.69) is 31.2 Å². The number of aryl methyl sites for hydroxylation is 1. The average molecular weight is 261 g/mol. The minimum atomic E-state index is 0.692. The Morgan fingerprint density at radius 1 is 0.895 bits per heavy atom. The van der Waals surface area contributed by atoms with E-state index in [1.54, 1.807) is 0 Å². The van der Waals surface area contributed by atoms with Gasteiger partial charge in [-0.15, -0.1) is 0 Å². The van der Waals surface area contributed by atoms with Crippen LogP contribution in [0.2, 0.25) is 0 Å². The average Bonchev–Trinajstić information content (AvgIpc) is 2.45. The number of hydrogen-bond donors (Lipinski definition) is 0. The highest BCUT2D eigenvalue weighted by molar-refractivity contribution is 5.27. The molecule has 1 heteroatoms. The molecule has 0 aliphatic carbocycles. The number of rotatable bonds is 11. The monoisotopic (exact) mass is 261 g/mol. The highest BCUT2D eigenvalue weighted by atomic mass is 16.5. The maximum Gasteiger partial charge on any atom is 0.119 e. The van der Waals surface area contributed by atoms with Crippen LogP contribution in [0.4, 0.5) is 0 Å². The van der Waals surface area contributed by atoms with Crippen LogP contribution in [0, 0.1) is 6.42 Å². The van der Waals surface area contributed by atoms with Crippen molar-refractivity contribution < 1.29 is 4.74 Å². The fourth-order valence-electron chi connectivity index (χ4n) is 2.22. The summed E-state index contributed by atoms with van der Waals surface area (Å²) in [7, 11) is 0. The zero-order valence-corrected chi connectivity index (χ0v) is 12.7. The van der Waals surface area contributed by atoms with Crippen LogP contribution in [-0.4, -0.2) is 6.61 Å². The van der Waals surface area contributed by atoms with Crippen LogP contribution in [0.1, 0.15) is 64.4 Å². The van der Waals surface area contributed by atoms with Crippen molar-refractivity contribution in [2.75, 3.05) is 6.61 Å². The molecule has 0 saturated heterocycles. The van der Waals surface area contributed by atoms with Gasteiger partial charge in [0.1, 0.15) is 5.75 Å². The zero-order chi connectivity index (χ0) is 13.8. The van der Waals surface area contributed by atoms with Crippen LogP contribution in [-0.2, 0) is 6.42 Å². The predicted molar refractivity (Wildman–Crippen MR) is 83.6 cm³/mol. The Morgan fingerprint density at radius 2 is 1.53 bits per heavy atom. The van der Waals surface area contributed by atoms with Gasteiger partial charge in [0.05, 0.1) is 6.61 Å². The van der Waals surface area contributed by atoms with E-state index in [1.807, 2.05) is 13.3 Å². The number of hydrogen-bond acceptors (Lipinski definition) is 1. The molecule has 19 heavy (non-hydrogen) atoms. The number of benzene rings is 1. The van der Waals surface area contributed by atoms with E-state index in [1.165, 1.54) is 56.9 Å². The van der Waals surface area contributed by atoms with Gasteiger partial charge in [-0.2, -0.15) is 0 Å². The Labute approximate surface area is 119 Å². The van der Waals surface area contributed by atoms with Crippen molar-refractivity contribution in [3.8, 4) is 5.75 Å². The molecular formula is C18H29O. The van der Waals surface area contributed by atoms with Crippen molar-refractivity contribution in [1.29, 1.82) is 0 Å². The molecule has 0 amide bonds. The summed E-state index contributed by atoms with van der Waals surface area (Å²) in [6, 6.07) is 8.56. The standard InChI is InChI=1S/C18H29O/c1-3-5-6-7-8-9-10-11-17-12-14-18(15-13-17)19-16-4-2/h4,12-15H,3,5-11,16H2,1-2H3. The third-order valence-electron chi connectivity index (χ3n) is 3.41. The molecule has 0 heterocycles. The van der Waals surface area contributed by atoms with Crippen LogP contribution in [0.3, 0.4) is 0 Å². The van der Waals surface area contributed by atoms with E-state index in [-0.39, 0.29) is 0 Å². The molecule has 0 N–H and O–H groups in total. The van der Waals surface area contributed by atoms with Crippen molar-refractivity contribution in [3.05, 3.63) is 36.2 Å². The molecule has 0 atom stereocenters. The summed E-state index contributed by atoms with van der Waals surface area (Å²) in [5.41, 5.74) is 1.43. The van der Waals surface area contributed by atoms with Crippen LogP contribution in [0.5, 0.6) is 5.75 Å².